The van der Waals surface area contributed by atoms with Gasteiger partial charge in [0, 0.05) is 23.1 Å². The van der Waals surface area contributed by atoms with E-state index in [9.17, 15) is 9.18 Å². The van der Waals surface area contributed by atoms with Gasteiger partial charge in [-0.05, 0) is 48.2 Å². The number of nitrogens with zero attached hydrogens (tertiary/aromatic N) is 1. The molecule has 1 aliphatic heterocycles. The van der Waals surface area contributed by atoms with Crippen LogP contribution in [-0.2, 0) is 22.6 Å². The molecule has 0 aliphatic carbocycles. The molecule has 5 rings (SSSR count). The topological polar surface area (TPSA) is 63.2 Å². The van der Waals surface area contributed by atoms with Gasteiger partial charge in [0.1, 0.15) is 5.82 Å². The van der Waals surface area contributed by atoms with Gasteiger partial charge in [0.15, 0.2) is 0 Å². The van der Waals surface area contributed by atoms with E-state index in [0.29, 0.717) is 17.9 Å². The van der Waals surface area contributed by atoms with Crippen LogP contribution in [0.1, 0.15) is 43.0 Å². The van der Waals surface area contributed by atoms with E-state index in [4.69, 9.17) is 9.72 Å². The van der Waals surface area contributed by atoms with E-state index >= 15 is 0 Å². The predicted octanol–water partition coefficient (Wildman–Crippen LogP) is 5.98. The number of hydrogen-bond donors (Lipinski definition) is 2. The van der Waals surface area contributed by atoms with Crippen LogP contribution in [0, 0.1) is 11.7 Å². The number of amides is 1. The quantitative estimate of drug-likeness (QED) is 0.290. The molecule has 1 amide bonds. The Bertz CT molecular complexity index is 1400. The van der Waals surface area contributed by atoms with E-state index in [0.717, 1.165) is 47.1 Å². The third-order valence-electron chi connectivity index (χ3n) is 7.17. The lowest BCUT2D eigenvalue weighted by Crippen LogP contribution is -2.33. The van der Waals surface area contributed by atoms with Crippen LogP contribution in [0.5, 0.6) is 0 Å². The highest BCUT2D eigenvalue weighted by Crippen LogP contribution is 2.32. The third-order valence-corrected chi connectivity index (χ3v) is 7.17. The second-order valence-electron chi connectivity index (χ2n) is 10.2. The molecule has 1 aliphatic rings. The SMILES string of the molecule is CC(C)[C@H](NC(=O)Cc1c(CO[C@H]2CCNC2)c(-c2cccc(F)c2)nc2ccccc12)c1ccccc1. The van der Waals surface area contributed by atoms with E-state index in [1.165, 1.54) is 12.1 Å². The van der Waals surface area contributed by atoms with Gasteiger partial charge in [-0.25, -0.2) is 9.37 Å². The minimum absolute atomic E-state index is 0.0714. The molecule has 0 radical (unpaired) electrons. The highest BCUT2D eigenvalue weighted by atomic mass is 19.1. The largest absolute Gasteiger partial charge is 0.372 e. The van der Waals surface area contributed by atoms with Crippen molar-refractivity contribution in [2.75, 3.05) is 13.1 Å². The molecule has 196 valence electrons. The van der Waals surface area contributed by atoms with Gasteiger partial charge in [0.05, 0.1) is 36.4 Å². The minimum atomic E-state index is -0.328. The van der Waals surface area contributed by atoms with Gasteiger partial charge in [0.25, 0.3) is 0 Å². The van der Waals surface area contributed by atoms with Gasteiger partial charge in [-0.15, -0.1) is 0 Å². The number of aromatic nitrogens is 1. The van der Waals surface area contributed by atoms with Crippen molar-refractivity contribution < 1.29 is 13.9 Å². The van der Waals surface area contributed by atoms with Crippen LogP contribution >= 0.6 is 0 Å². The molecule has 2 N–H and O–H groups in total. The van der Waals surface area contributed by atoms with Crippen molar-refractivity contribution in [1.82, 2.24) is 15.6 Å². The molecule has 0 spiro atoms. The zero-order valence-electron chi connectivity index (χ0n) is 21.9. The van der Waals surface area contributed by atoms with E-state index in [1.54, 1.807) is 6.07 Å². The molecule has 3 aromatic carbocycles. The number of benzene rings is 3. The number of nitrogens with one attached hydrogen (secondary N) is 2. The number of fused-ring (bicyclic) bond motifs is 1. The summed E-state index contributed by atoms with van der Waals surface area (Å²) in [6, 6.07) is 24.2. The van der Waals surface area contributed by atoms with Gasteiger partial charge < -0.3 is 15.4 Å². The van der Waals surface area contributed by atoms with Gasteiger partial charge >= 0.3 is 0 Å². The Morgan fingerprint density at radius 1 is 1.05 bits per heavy atom. The van der Waals surface area contributed by atoms with Gasteiger partial charge in [-0.3, -0.25) is 4.79 Å². The number of para-hydroxylation sites is 1. The lowest BCUT2D eigenvalue weighted by molar-refractivity contribution is -0.121. The number of carbonyl (C=O) groups is 1. The molecule has 1 fully saturated rings. The lowest BCUT2D eigenvalue weighted by Gasteiger charge is -2.24. The molecule has 2 atom stereocenters. The summed E-state index contributed by atoms with van der Waals surface area (Å²) in [5.74, 6) is -0.180. The highest BCUT2D eigenvalue weighted by Gasteiger charge is 2.24. The summed E-state index contributed by atoms with van der Waals surface area (Å²) in [6.07, 6.45) is 1.19. The van der Waals surface area contributed by atoms with Crippen LogP contribution in [0.15, 0.2) is 78.9 Å². The maximum atomic E-state index is 14.3. The Morgan fingerprint density at radius 2 is 1.84 bits per heavy atom. The normalized spacial score (nSPS) is 16.2. The van der Waals surface area contributed by atoms with E-state index in [1.807, 2.05) is 60.7 Å². The fourth-order valence-electron chi connectivity index (χ4n) is 5.20. The van der Waals surface area contributed by atoms with Crippen molar-refractivity contribution in [3.63, 3.8) is 0 Å². The molecular formula is C32H34FN3O2. The molecule has 1 saturated heterocycles. The molecule has 38 heavy (non-hydrogen) atoms. The summed E-state index contributed by atoms with van der Waals surface area (Å²) < 4.78 is 20.6. The van der Waals surface area contributed by atoms with Gasteiger partial charge in [-0.2, -0.15) is 0 Å². The number of carbonyl (C=O) groups excluding carboxylic acids is 1. The average molecular weight is 512 g/mol. The molecule has 1 aromatic heterocycles. The molecule has 0 bridgehead atoms. The second kappa shape index (κ2) is 11.8. The fraction of sp³-hybridized carbons (Fsp3) is 0.312. The fourth-order valence-corrected chi connectivity index (χ4v) is 5.20. The highest BCUT2D eigenvalue weighted by molar-refractivity contribution is 5.92. The maximum absolute atomic E-state index is 14.3. The Hall–Kier alpha value is -3.61. The lowest BCUT2D eigenvalue weighted by atomic mass is 9.93. The van der Waals surface area contributed by atoms with Gasteiger partial charge in [0.2, 0.25) is 5.91 Å². The first-order valence-electron chi connectivity index (χ1n) is 13.3. The van der Waals surface area contributed by atoms with Crippen LogP contribution in [0.25, 0.3) is 22.2 Å². The first kappa shape index (κ1) is 26.0. The van der Waals surface area contributed by atoms with Crippen LogP contribution in [0.3, 0.4) is 0 Å². The van der Waals surface area contributed by atoms with Crippen molar-refractivity contribution in [3.8, 4) is 11.3 Å². The monoisotopic (exact) mass is 511 g/mol. The summed E-state index contributed by atoms with van der Waals surface area (Å²) in [6.45, 7) is 6.22. The Labute approximate surface area is 223 Å². The summed E-state index contributed by atoms with van der Waals surface area (Å²) >= 11 is 0. The molecular weight excluding hydrogens is 477 g/mol. The first-order valence-corrected chi connectivity index (χ1v) is 13.3. The minimum Gasteiger partial charge on any atom is -0.372 e. The Morgan fingerprint density at radius 3 is 2.58 bits per heavy atom. The van der Waals surface area contributed by atoms with Crippen molar-refractivity contribution in [2.24, 2.45) is 5.92 Å². The number of ether oxygens (including phenoxy) is 1. The number of pyridine rings is 1. The standard InChI is InChI=1S/C32H34FN3O2/c1-21(2)31(22-9-4-3-5-10-22)36-30(37)18-27-26-13-6-7-14-29(26)35-32(23-11-8-12-24(33)17-23)28(27)20-38-25-15-16-34-19-25/h3-14,17,21,25,31,34H,15-16,18-20H2,1-2H3,(H,36,37)/t25-,31-/m0/s1. The molecule has 0 saturated carbocycles. The van der Waals surface area contributed by atoms with Gasteiger partial charge in [-0.1, -0.05) is 74.5 Å². The van der Waals surface area contributed by atoms with Crippen LogP contribution < -0.4 is 10.6 Å². The summed E-state index contributed by atoms with van der Waals surface area (Å²) in [5.41, 5.74) is 4.87. The summed E-state index contributed by atoms with van der Waals surface area (Å²) in [5, 5.41) is 7.51. The zero-order valence-corrected chi connectivity index (χ0v) is 21.9. The van der Waals surface area contributed by atoms with Crippen molar-refractivity contribution in [2.45, 2.75) is 45.4 Å². The average Bonchev–Trinajstić information content (AvgIpc) is 3.45. The van der Waals surface area contributed by atoms with E-state index in [-0.39, 0.29) is 36.2 Å². The van der Waals surface area contributed by atoms with Crippen LogP contribution in [0.4, 0.5) is 4.39 Å². The smallest absolute Gasteiger partial charge is 0.224 e. The summed E-state index contributed by atoms with van der Waals surface area (Å²) in [4.78, 5) is 18.6. The third kappa shape index (κ3) is 5.93. The summed E-state index contributed by atoms with van der Waals surface area (Å²) in [7, 11) is 0. The Balaban J connectivity index is 1.56. The second-order valence-corrected chi connectivity index (χ2v) is 10.2. The molecule has 5 nitrogen and oxygen atoms in total. The van der Waals surface area contributed by atoms with Crippen LogP contribution in [0.2, 0.25) is 0 Å². The van der Waals surface area contributed by atoms with Crippen LogP contribution in [-0.4, -0.2) is 30.1 Å². The molecule has 6 heteroatoms. The number of rotatable bonds is 9. The number of halogens is 1. The van der Waals surface area contributed by atoms with E-state index < -0.39 is 0 Å². The predicted molar refractivity (Wildman–Crippen MR) is 149 cm³/mol. The first-order chi connectivity index (χ1) is 18.5. The van der Waals surface area contributed by atoms with E-state index in [2.05, 4.69) is 24.5 Å². The maximum Gasteiger partial charge on any atom is 0.224 e. The van der Waals surface area contributed by atoms with Crippen molar-refractivity contribution in [3.05, 3.63) is 101 Å². The Kier molecular flexibility index (Phi) is 8.11. The number of hydrogen-bond acceptors (Lipinski definition) is 4. The zero-order chi connectivity index (χ0) is 26.5. The van der Waals surface area contributed by atoms with Crippen molar-refractivity contribution in [1.29, 1.82) is 0 Å². The molecule has 4 aromatic rings. The van der Waals surface area contributed by atoms with Crippen molar-refractivity contribution >= 4 is 16.8 Å². The molecule has 0 unspecified atom stereocenters. The molecule has 2 heterocycles.